The molecule has 0 aromatic heterocycles. The summed E-state index contributed by atoms with van der Waals surface area (Å²) >= 11 is 3.63. The van der Waals surface area contributed by atoms with E-state index in [0.29, 0.717) is 12.3 Å². The molecule has 0 aliphatic rings. The first-order valence-electron chi connectivity index (χ1n) is 12.1. The van der Waals surface area contributed by atoms with Crippen LogP contribution in [0.15, 0.2) is 40.9 Å². The minimum Gasteiger partial charge on any atom is -0.492 e. The van der Waals surface area contributed by atoms with E-state index < -0.39 is 5.97 Å². The van der Waals surface area contributed by atoms with Gasteiger partial charge in [0.15, 0.2) is 0 Å². The molecule has 2 aromatic carbocycles. The zero-order valence-corrected chi connectivity index (χ0v) is 21.5. The molecule has 4 heteroatoms. The predicted octanol–water partition coefficient (Wildman–Crippen LogP) is 8.07. The van der Waals surface area contributed by atoms with Crippen molar-refractivity contribution in [2.24, 2.45) is 5.92 Å². The summed E-state index contributed by atoms with van der Waals surface area (Å²) in [5.41, 5.74) is 5.42. The number of aliphatic carboxylic acids is 1. The van der Waals surface area contributed by atoms with Gasteiger partial charge in [0.25, 0.3) is 0 Å². The minimum atomic E-state index is -0.721. The number of aryl methyl sites for hydroxylation is 3. The van der Waals surface area contributed by atoms with Crippen molar-refractivity contribution < 1.29 is 14.6 Å². The van der Waals surface area contributed by atoms with Crippen LogP contribution in [-0.2, 0) is 17.6 Å². The first-order valence-corrected chi connectivity index (χ1v) is 12.9. The Bertz CT molecular complexity index is 847. The van der Waals surface area contributed by atoms with Crippen LogP contribution in [0.25, 0.3) is 0 Å². The molecule has 0 aliphatic heterocycles. The Kier molecular flexibility index (Phi) is 11.9. The Morgan fingerprint density at radius 3 is 2.41 bits per heavy atom. The Labute approximate surface area is 202 Å². The van der Waals surface area contributed by atoms with Crippen molar-refractivity contribution in [3.8, 4) is 5.75 Å². The maximum absolute atomic E-state index is 10.6. The van der Waals surface area contributed by atoms with E-state index >= 15 is 0 Å². The zero-order valence-electron chi connectivity index (χ0n) is 20.0. The third-order valence-corrected chi connectivity index (χ3v) is 6.80. The molecule has 0 spiro atoms. The van der Waals surface area contributed by atoms with E-state index in [2.05, 4.69) is 67.0 Å². The number of unbranched alkanes of at least 4 members (excludes halogenated alkanes) is 2. The van der Waals surface area contributed by atoms with Crippen LogP contribution < -0.4 is 4.74 Å². The van der Waals surface area contributed by atoms with Crippen LogP contribution in [-0.4, -0.2) is 17.7 Å². The first-order chi connectivity index (χ1) is 15.4. The first kappa shape index (κ1) is 26.4. The average Bonchev–Trinajstić information content (AvgIpc) is 2.76. The maximum Gasteiger partial charge on any atom is 0.303 e. The molecule has 1 N–H and O–H groups in total. The van der Waals surface area contributed by atoms with Gasteiger partial charge in [0.05, 0.1) is 11.1 Å². The third-order valence-electron chi connectivity index (χ3n) is 6.18. The van der Waals surface area contributed by atoms with Crippen molar-refractivity contribution >= 4 is 21.9 Å². The number of hydrogen-bond donors (Lipinski definition) is 1. The number of halogens is 1. The molecule has 1 atom stereocenters. The quantitative estimate of drug-likeness (QED) is 0.250. The Morgan fingerprint density at radius 1 is 0.969 bits per heavy atom. The highest BCUT2D eigenvalue weighted by atomic mass is 79.9. The monoisotopic (exact) mass is 502 g/mol. The molecule has 0 aliphatic carbocycles. The Morgan fingerprint density at radius 2 is 1.72 bits per heavy atom. The van der Waals surface area contributed by atoms with Gasteiger partial charge in [-0.25, -0.2) is 0 Å². The lowest BCUT2D eigenvalue weighted by molar-refractivity contribution is -0.137. The van der Waals surface area contributed by atoms with Crippen LogP contribution in [0.2, 0.25) is 0 Å². The van der Waals surface area contributed by atoms with Crippen LogP contribution in [0, 0.1) is 19.8 Å². The average molecular weight is 504 g/mol. The van der Waals surface area contributed by atoms with Crippen molar-refractivity contribution in [1.29, 1.82) is 0 Å². The third kappa shape index (κ3) is 9.77. The molecule has 0 fully saturated rings. The predicted molar refractivity (Wildman–Crippen MR) is 137 cm³/mol. The lowest BCUT2D eigenvalue weighted by Gasteiger charge is -2.18. The number of carbonyl (C=O) groups is 1. The molecule has 0 radical (unpaired) electrons. The van der Waals surface area contributed by atoms with Crippen molar-refractivity contribution in [3.63, 3.8) is 0 Å². The van der Waals surface area contributed by atoms with Gasteiger partial charge in [0.1, 0.15) is 5.75 Å². The van der Waals surface area contributed by atoms with E-state index in [1.165, 1.54) is 47.9 Å². The molecule has 32 heavy (non-hydrogen) atoms. The number of benzene rings is 2. The number of ether oxygens (including phenoxy) is 1. The Balaban J connectivity index is 1.79. The largest absolute Gasteiger partial charge is 0.492 e. The Hall–Kier alpha value is -1.81. The van der Waals surface area contributed by atoms with Gasteiger partial charge in [-0.15, -0.1) is 0 Å². The summed E-state index contributed by atoms with van der Waals surface area (Å²) in [4.78, 5) is 10.6. The molecule has 2 rings (SSSR count). The van der Waals surface area contributed by atoms with E-state index in [1.54, 1.807) is 0 Å². The van der Waals surface area contributed by atoms with Crippen molar-refractivity contribution in [3.05, 3.63) is 63.1 Å². The SMILES string of the molecule is CCCCC(CCCOc1ccc(CCCCC(=O)O)cc1Br)Cc1ccc(C)c(C)c1. The highest BCUT2D eigenvalue weighted by molar-refractivity contribution is 9.10. The van der Waals surface area contributed by atoms with Crippen LogP contribution in [0.4, 0.5) is 0 Å². The number of hydrogen-bond acceptors (Lipinski definition) is 2. The van der Waals surface area contributed by atoms with Gasteiger partial charge in [0, 0.05) is 6.42 Å². The van der Waals surface area contributed by atoms with Crippen LogP contribution in [0.1, 0.15) is 80.5 Å². The summed E-state index contributed by atoms with van der Waals surface area (Å²) in [7, 11) is 0. The molecule has 2 aromatic rings. The lowest BCUT2D eigenvalue weighted by atomic mass is 9.89. The second-order valence-electron chi connectivity index (χ2n) is 8.99. The standard InChI is InChI=1S/C28H39BrO3/c1-4-5-9-23(19-25-14-13-21(2)22(3)18-25)11-8-17-32-27-16-15-24(20-26(27)29)10-6-7-12-28(30)31/h13-16,18,20,23H,4-12,17,19H2,1-3H3,(H,30,31). The normalized spacial score (nSPS) is 12.0. The summed E-state index contributed by atoms with van der Waals surface area (Å²) < 4.78 is 7.04. The van der Waals surface area contributed by atoms with Crippen LogP contribution in [0.5, 0.6) is 5.75 Å². The molecule has 1 unspecified atom stereocenters. The molecule has 0 saturated carbocycles. The summed E-state index contributed by atoms with van der Waals surface area (Å²) in [5, 5.41) is 8.74. The number of carboxylic acids is 1. The minimum absolute atomic E-state index is 0.241. The molecule has 3 nitrogen and oxygen atoms in total. The molecular formula is C28H39BrO3. The van der Waals surface area contributed by atoms with E-state index in [0.717, 1.165) is 42.5 Å². The number of rotatable bonds is 15. The van der Waals surface area contributed by atoms with Gasteiger partial charge in [-0.05, 0) is 109 Å². The van der Waals surface area contributed by atoms with Crippen LogP contribution in [0.3, 0.4) is 0 Å². The van der Waals surface area contributed by atoms with Gasteiger partial charge in [-0.3, -0.25) is 4.79 Å². The highest BCUT2D eigenvalue weighted by Crippen LogP contribution is 2.28. The molecule has 0 amide bonds. The smallest absolute Gasteiger partial charge is 0.303 e. The fraction of sp³-hybridized carbons (Fsp3) is 0.536. The fourth-order valence-corrected chi connectivity index (χ4v) is 4.62. The van der Waals surface area contributed by atoms with Gasteiger partial charge in [0.2, 0.25) is 0 Å². The molecule has 0 bridgehead atoms. The lowest BCUT2D eigenvalue weighted by Crippen LogP contribution is -2.08. The zero-order chi connectivity index (χ0) is 23.3. The van der Waals surface area contributed by atoms with Crippen LogP contribution >= 0.6 is 15.9 Å². The highest BCUT2D eigenvalue weighted by Gasteiger charge is 2.11. The number of carboxylic acid groups (broad SMARTS) is 1. The van der Waals surface area contributed by atoms with Gasteiger partial charge in [-0.2, -0.15) is 0 Å². The fourth-order valence-electron chi connectivity index (χ4n) is 4.08. The summed E-state index contributed by atoms with van der Waals surface area (Å²) in [6.07, 6.45) is 9.95. The molecular weight excluding hydrogens is 464 g/mol. The second kappa shape index (κ2) is 14.4. The summed E-state index contributed by atoms with van der Waals surface area (Å²) in [6.45, 7) is 7.37. The van der Waals surface area contributed by atoms with Crippen molar-refractivity contribution in [2.45, 2.75) is 85.0 Å². The van der Waals surface area contributed by atoms with Crippen molar-refractivity contribution in [2.75, 3.05) is 6.61 Å². The van der Waals surface area contributed by atoms with E-state index in [1.807, 2.05) is 6.07 Å². The molecule has 176 valence electrons. The van der Waals surface area contributed by atoms with E-state index in [4.69, 9.17) is 9.84 Å². The topological polar surface area (TPSA) is 46.5 Å². The van der Waals surface area contributed by atoms with E-state index in [-0.39, 0.29) is 6.42 Å². The maximum atomic E-state index is 10.6. The summed E-state index contributed by atoms with van der Waals surface area (Å²) in [6, 6.07) is 13.1. The van der Waals surface area contributed by atoms with Crippen molar-refractivity contribution in [1.82, 2.24) is 0 Å². The van der Waals surface area contributed by atoms with E-state index in [9.17, 15) is 4.79 Å². The summed E-state index contributed by atoms with van der Waals surface area (Å²) in [5.74, 6) is 0.872. The van der Waals surface area contributed by atoms with Gasteiger partial charge >= 0.3 is 5.97 Å². The molecule has 0 saturated heterocycles. The molecule has 0 heterocycles. The van der Waals surface area contributed by atoms with Gasteiger partial charge < -0.3 is 9.84 Å². The second-order valence-corrected chi connectivity index (χ2v) is 9.84. The van der Waals surface area contributed by atoms with Gasteiger partial charge in [-0.1, -0.05) is 50.5 Å².